The third-order valence-electron chi connectivity index (χ3n) is 3.10. The molecule has 6 heteroatoms. The maximum Gasteiger partial charge on any atom is 0.142 e. The molecule has 0 spiro atoms. The van der Waals surface area contributed by atoms with Crippen LogP contribution in [-0.2, 0) is 0 Å². The Hall–Kier alpha value is -1.04. The van der Waals surface area contributed by atoms with E-state index in [0.717, 1.165) is 31.4 Å². The van der Waals surface area contributed by atoms with Gasteiger partial charge in [-0.2, -0.15) is 0 Å². The molecule has 3 rings (SSSR count). The van der Waals surface area contributed by atoms with Crippen LogP contribution >= 0.6 is 43.5 Å². The first kappa shape index (κ1) is 13.9. The molecular weight excluding hydrogens is 405 g/mol. The third kappa shape index (κ3) is 2.24. The molecule has 3 nitrogen and oxygen atoms in total. The van der Waals surface area contributed by atoms with E-state index in [-0.39, 0.29) is 0 Å². The van der Waals surface area contributed by atoms with Crippen molar-refractivity contribution in [1.82, 2.24) is 9.38 Å². The summed E-state index contributed by atoms with van der Waals surface area (Å²) in [5, 5.41) is 0.662. The van der Waals surface area contributed by atoms with Crippen molar-refractivity contribution in [2.45, 2.75) is 6.92 Å². The van der Waals surface area contributed by atoms with E-state index in [1.807, 2.05) is 41.8 Å². The second-order valence-electron chi connectivity index (χ2n) is 4.51. The molecule has 2 heterocycles. The van der Waals surface area contributed by atoms with Gasteiger partial charge in [0.05, 0.1) is 5.02 Å². The van der Waals surface area contributed by atoms with E-state index in [1.54, 1.807) is 0 Å². The number of anilines is 1. The van der Waals surface area contributed by atoms with E-state index >= 15 is 0 Å². The number of rotatable bonds is 1. The second-order valence-corrected chi connectivity index (χ2v) is 6.69. The average Bonchev–Trinajstić information content (AvgIpc) is 2.71. The van der Waals surface area contributed by atoms with Crippen LogP contribution < -0.4 is 5.73 Å². The zero-order valence-electron chi connectivity index (χ0n) is 10.5. The Balaban J connectivity index is 2.29. The van der Waals surface area contributed by atoms with Crippen molar-refractivity contribution < 1.29 is 0 Å². The minimum atomic E-state index is 0.610. The molecule has 0 radical (unpaired) electrons. The fourth-order valence-corrected chi connectivity index (χ4v) is 3.19. The summed E-state index contributed by atoms with van der Waals surface area (Å²) in [5.74, 6) is 0.610. The smallest absolute Gasteiger partial charge is 0.142 e. The molecule has 102 valence electrons. The predicted molar refractivity (Wildman–Crippen MR) is 90.2 cm³/mol. The largest absolute Gasteiger partial charge is 0.383 e. The summed E-state index contributed by atoms with van der Waals surface area (Å²) < 4.78 is 3.68. The van der Waals surface area contributed by atoms with Gasteiger partial charge in [0, 0.05) is 20.7 Å². The Kier molecular flexibility index (Phi) is 3.52. The van der Waals surface area contributed by atoms with E-state index in [2.05, 4.69) is 36.8 Å². The first-order valence-corrected chi connectivity index (χ1v) is 7.83. The number of nitrogens with zero attached hydrogens (tertiary/aromatic N) is 2. The predicted octanol–water partition coefficient (Wildman–Crippen LogP) is 5.07. The maximum atomic E-state index is 6.23. The Morgan fingerprint density at radius 3 is 2.70 bits per heavy atom. The molecule has 0 aliphatic heterocycles. The summed E-state index contributed by atoms with van der Waals surface area (Å²) in [6, 6.07) is 7.68. The van der Waals surface area contributed by atoms with Gasteiger partial charge in [0.25, 0.3) is 0 Å². The van der Waals surface area contributed by atoms with Gasteiger partial charge in [-0.1, -0.05) is 17.7 Å². The van der Waals surface area contributed by atoms with E-state index in [4.69, 9.17) is 17.3 Å². The van der Waals surface area contributed by atoms with E-state index in [1.165, 1.54) is 0 Å². The number of benzene rings is 1. The van der Waals surface area contributed by atoms with Gasteiger partial charge < -0.3 is 5.73 Å². The van der Waals surface area contributed by atoms with Crippen molar-refractivity contribution >= 4 is 54.9 Å². The molecule has 3 aromatic rings. The zero-order chi connectivity index (χ0) is 14.4. The number of pyridine rings is 1. The number of hydrogen-bond donors (Lipinski definition) is 1. The molecule has 2 aromatic heterocycles. The number of aromatic nitrogens is 2. The van der Waals surface area contributed by atoms with Crippen LogP contribution in [0.2, 0.25) is 5.02 Å². The molecule has 0 aliphatic carbocycles. The van der Waals surface area contributed by atoms with Gasteiger partial charge in [0.15, 0.2) is 0 Å². The van der Waals surface area contributed by atoms with Gasteiger partial charge >= 0.3 is 0 Å². The highest BCUT2D eigenvalue weighted by Crippen LogP contribution is 2.33. The fourth-order valence-electron chi connectivity index (χ4n) is 2.14. The minimum absolute atomic E-state index is 0.610. The normalized spacial score (nSPS) is 11.2. The van der Waals surface area contributed by atoms with E-state index < -0.39 is 0 Å². The summed E-state index contributed by atoms with van der Waals surface area (Å²) in [4.78, 5) is 4.65. The van der Waals surface area contributed by atoms with Gasteiger partial charge in [0.1, 0.15) is 17.2 Å². The van der Waals surface area contributed by atoms with Crippen LogP contribution in [0.15, 0.2) is 39.4 Å². The fraction of sp³-hybridized carbons (Fsp3) is 0.0714. The molecule has 0 saturated heterocycles. The van der Waals surface area contributed by atoms with Gasteiger partial charge in [-0.3, -0.25) is 4.40 Å². The van der Waals surface area contributed by atoms with Crippen LogP contribution in [0, 0.1) is 6.92 Å². The topological polar surface area (TPSA) is 43.3 Å². The van der Waals surface area contributed by atoms with Gasteiger partial charge in [0.2, 0.25) is 0 Å². The lowest BCUT2D eigenvalue weighted by Gasteiger charge is -2.02. The molecule has 0 fully saturated rings. The number of fused-ring (bicyclic) bond motifs is 1. The summed E-state index contributed by atoms with van der Waals surface area (Å²) in [7, 11) is 0. The molecule has 0 unspecified atom stereocenters. The first-order chi connectivity index (χ1) is 9.47. The molecule has 2 N–H and O–H groups in total. The molecule has 20 heavy (non-hydrogen) atoms. The van der Waals surface area contributed by atoms with Crippen LogP contribution in [0.1, 0.15) is 5.56 Å². The highest BCUT2D eigenvalue weighted by atomic mass is 79.9. The van der Waals surface area contributed by atoms with Crippen molar-refractivity contribution in [3.05, 3.63) is 50.0 Å². The van der Waals surface area contributed by atoms with Crippen molar-refractivity contribution in [2.75, 3.05) is 5.73 Å². The number of nitrogens with two attached hydrogens (primary N) is 1. The van der Waals surface area contributed by atoms with Crippen molar-refractivity contribution in [1.29, 1.82) is 0 Å². The van der Waals surface area contributed by atoms with Crippen LogP contribution in [-0.4, -0.2) is 9.38 Å². The molecule has 0 saturated carbocycles. The highest BCUT2D eigenvalue weighted by Gasteiger charge is 2.14. The summed E-state index contributed by atoms with van der Waals surface area (Å²) in [6.45, 7) is 2.01. The zero-order valence-corrected chi connectivity index (χ0v) is 14.4. The Morgan fingerprint density at radius 2 is 2.00 bits per heavy atom. The van der Waals surface area contributed by atoms with Crippen LogP contribution in [0.25, 0.3) is 16.9 Å². The molecule has 1 aromatic carbocycles. The quantitative estimate of drug-likeness (QED) is 0.603. The van der Waals surface area contributed by atoms with E-state index in [0.29, 0.717) is 10.8 Å². The summed E-state index contributed by atoms with van der Waals surface area (Å²) in [5.41, 5.74) is 9.82. The van der Waals surface area contributed by atoms with Gasteiger partial charge in [-0.15, -0.1) is 0 Å². The molecule has 0 aliphatic rings. The summed E-state index contributed by atoms with van der Waals surface area (Å²) >= 11 is 12.9. The third-order valence-corrected chi connectivity index (χ3v) is 4.75. The summed E-state index contributed by atoms with van der Waals surface area (Å²) in [6.07, 6.45) is 1.92. The van der Waals surface area contributed by atoms with Crippen LogP contribution in [0.5, 0.6) is 0 Å². The standard InChI is InChI=1S/C14H10Br2ClN3/c1-7-4-9(15)6-20-13(18)12(19-14(7)20)8-2-3-11(17)10(16)5-8/h2-6H,18H2,1H3. The molecule has 0 amide bonds. The van der Waals surface area contributed by atoms with Gasteiger partial charge in [-0.25, -0.2) is 4.98 Å². The number of imidazole rings is 1. The maximum absolute atomic E-state index is 6.23. The number of hydrogen-bond acceptors (Lipinski definition) is 2. The Bertz CT molecular complexity index is 827. The Labute approximate surface area is 138 Å². The SMILES string of the molecule is Cc1cc(Br)cn2c(N)c(-c3ccc(Cl)c(Br)c3)nc12. The lowest BCUT2D eigenvalue weighted by molar-refractivity contribution is 1.16. The molecular formula is C14H10Br2ClN3. The minimum Gasteiger partial charge on any atom is -0.383 e. The van der Waals surface area contributed by atoms with Crippen molar-refractivity contribution in [3.8, 4) is 11.3 Å². The lowest BCUT2D eigenvalue weighted by atomic mass is 10.1. The highest BCUT2D eigenvalue weighted by molar-refractivity contribution is 9.10. The van der Waals surface area contributed by atoms with E-state index in [9.17, 15) is 0 Å². The molecule has 0 atom stereocenters. The average molecular weight is 416 g/mol. The number of aryl methyl sites for hydroxylation is 1. The Morgan fingerprint density at radius 1 is 1.25 bits per heavy atom. The molecule has 0 bridgehead atoms. The lowest BCUT2D eigenvalue weighted by Crippen LogP contribution is -1.95. The van der Waals surface area contributed by atoms with Crippen molar-refractivity contribution in [3.63, 3.8) is 0 Å². The second kappa shape index (κ2) is 5.06. The monoisotopic (exact) mass is 413 g/mol. The number of halogens is 3. The van der Waals surface area contributed by atoms with Gasteiger partial charge in [-0.05, 0) is 62.5 Å². The van der Waals surface area contributed by atoms with Crippen LogP contribution in [0.3, 0.4) is 0 Å². The number of nitrogen functional groups attached to an aromatic ring is 1. The first-order valence-electron chi connectivity index (χ1n) is 5.86. The van der Waals surface area contributed by atoms with Crippen molar-refractivity contribution in [2.24, 2.45) is 0 Å². The van der Waals surface area contributed by atoms with Crippen LogP contribution in [0.4, 0.5) is 5.82 Å².